The molecule has 1 amide bonds. The molecule has 0 atom stereocenters. The quantitative estimate of drug-likeness (QED) is 0.346. The number of H-pyrrole nitrogens is 1. The summed E-state index contributed by atoms with van der Waals surface area (Å²) in [4.78, 5) is 31.6. The number of carbonyl (C=O) groups excluding carboxylic acids is 1. The van der Waals surface area contributed by atoms with E-state index in [9.17, 15) is 9.59 Å². The molecular formula is C19H14ClN5O2S2. The van der Waals surface area contributed by atoms with Gasteiger partial charge in [-0.3, -0.25) is 9.59 Å². The van der Waals surface area contributed by atoms with Gasteiger partial charge >= 0.3 is 0 Å². The third-order valence-electron chi connectivity index (χ3n) is 3.93. The molecule has 2 N–H and O–H groups in total. The van der Waals surface area contributed by atoms with E-state index in [2.05, 4.69) is 25.5 Å². The van der Waals surface area contributed by atoms with E-state index in [0.717, 1.165) is 11.1 Å². The maximum Gasteiger partial charge on any atom is 0.271 e. The molecule has 0 aliphatic rings. The summed E-state index contributed by atoms with van der Waals surface area (Å²) >= 11 is 8.44. The lowest BCUT2D eigenvalue weighted by atomic mass is 10.1. The summed E-state index contributed by atoms with van der Waals surface area (Å²) < 4.78 is 0.640. The van der Waals surface area contributed by atoms with E-state index < -0.39 is 0 Å². The Balaban J connectivity index is 1.37. The second kappa shape index (κ2) is 8.73. The van der Waals surface area contributed by atoms with Crippen LogP contribution in [0.25, 0.3) is 11.0 Å². The van der Waals surface area contributed by atoms with Crippen LogP contribution in [0.4, 0.5) is 5.13 Å². The number of amides is 1. The van der Waals surface area contributed by atoms with Gasteiger partial charge in [-0.05, 0) is 29.8 Å². The minimum absolute atomic E-state index is 0.187. The summed E-state index contributed by atoms with van der Waals surface area (Å²) in [6, 6.07) is 14.5. The van der Waals surface area contributed by atoms with Crippen LogP contribution in [0.15, 0.2) is 57.7 Å². The van der Waals surface area contributed by atoms with E-state index in [-0.39, 0.29) is 17.9 Å². The fourth-order valence-corrected chi connectivity index (χ4v) is 4.39. The normalized spacial score (nSPS) is 10.9. The molecule has 4 aromatic rings. The number of hydrogen-bond acceptors (Lipinski definition) is 7. The summed E-state index contributed by atoms with van der Waals surface area (Å²) in [5, 5.41) is 11.8. The number of nitrogens with one attached hydrogen (secondary N) is 2. The molecule has 0 bridgehead atoms. The minimum Gasteiger partial charge on any atom is -0.319 e. The van der Waals surface area contributed by atoms with Gasteiger partial charge in [-0.2, -0.15) is 0 Å². The van der Waals surface area contributed by atoms with Crippen molar-refractivity contribution in [1.82, 2.24) is 20.2 Å². The predicted molar refractivity (Wildman–Crippen MR) is 116 cm³/mol. The zero-order valence-electron chi connectivity index (χ0n) is 14.9. The lowest BCUT2D eigenvalue weighted by Gasteiger charge is -2.01. The van der Waals surface area contributed by atoms with Gasteiger partial charge in [0.2, 0.25) is 11.0 Å². The first-order valence-corrected chi connectivity index (χ1v) is 10.7. The minimum atomic E-state index is -0.225. The number of nitrogens with zero attached hydrogens (tertiary/aromatic N) is 3. The monoisotopic (exact) mass is 443 g/mol. The summed E-state index contributed by atoms with van der Waals surface area (Å²) in [5.74, 6) is 0.167. The molecule has 29 heavy (non-hydrogen) atoms. The number of anilines is 1. The van der Waals surface area contributed by atoms with E-state index in [1.165, 1.54) is 23.1 Å². The van der Waals surface area contributed by atoms with Gasteiger partial charge in [-0.1, -0.05) is 59.0 Å². The molecule has 2 aromatic heterocycles. The molecule has 0 spiro atoms. The van der Waals surface area contributed by atoms with Crippen LogP contribution in [0.1, 0.15) is 11.3 Å². The average molecular weight is 444 g/mol. The highest BCUT2D eigenvalue weighted by Gasteiger charge is 2.11. The maximum atomic E-state index is 12.2. The number of fused-ring (bicyclic) bond motifs is 1. The van der Waals surface area contributed by atoms with E-state index in [1.54, 1.807) is 24.3 Å². The standard InChI is InChI=1S/C19H14ClN5O2S2/c20-12-7-5-11(6-8-12)9-16(26)23-18-24-25-19(29-18)28-10-15-17(27)22-14-4-2-1-3-13(14)21-15/h1-8H,9-10H2,(H,22,27)(H,23,24,26). The Kier molecular flexibility index (Phi) is 5.89. The Morgan fingerprint density at radius 1 is 1.14 bits per heavy atom. The van der Waals surface area contributed by atoms with E-state index in [1.807, 2.05) is 24.3 Å². The molecule has 0 unspecified atom stereocenters. The fourth-order valence-electron chi connectivity index (χ4n) is 2.57. The lowest BCUT2D eigenvalue weighted by molar-refractivity contribution is -0.115. The maximum absolute atomic E-state index is 12.2. The predicted octanol–water partition coefficient (Wildman–Crippen LogP) is 3.90. The molecule has 10 heteroatoms. The van der Waals surface area contributed by atoms with Crippen LogP contribution < -0.4 is 10.9 Å². The summed E-state index contributed by atoms with van der Waals surface area (Å²) in [5.41, 5.74) is 2.48. The number of aromatic nitrogens is 4. The smallest absolute Gasteiger partial charge is 0.271 e. The molecule has 0 aliphatic carbocycles. The van der Waals surface area contributed by atoms with Crippen molar-refractivity contribution in [2.75, 3.05) is 5.32 Å². The molecular weight excluding hydrogens is 430 g/mol. The Labute approximate surface area is 178 Å². The Bertz CT molecular complexity index is 1220. The van der Waals surface area contributed by atoms with Crippen LogP contribution in [0.2, 0.25) is 5.02 Å². The number of thioether (sulfide) groups is 1. The number of rotatable bonds is 6. The van der Waals surface area contributed by atoms with Crippen molar-refractivity contribution in [2.45, 2.75) is 16.5 Å². The summed E-state index contributed by atoms with van der Waals surface area (Å²) in [6.45, 7) is 0. The molecule has 0 saturated carbocycles. The van der Waals surface area contributed by atoms with Gasteiger partial charge in [0.15, 0.2) is 4.34 Å². The van der Waals surface area contributed by atoms with Crippen molar-refractivity contribution < 1.29 is 4.79 Å². The van der Waals surface area contributed by atoms with Crippen LogP contribution in [0.5, 0.6) is 0 Å². The second-order valence-electron chi connectivity index (χ2n) is 6.04. The zero-order valence-corrected chi connectivity index (χ0v) is 17.3. The molecule has 4 rings (SSSR count). The van der Waals surface area contributed by atoms with Crippen molar-refractivity contribution in [3.05, 3.63) is 75.2 Å². The topological polar surface area (TPSA) is 101 Å². The molecule has 146 valence electrons. The van der Waals surface area contributed by atoms with E-state index >= 15 is 0 Å². The SMILES string of the molecule is O=C(Cc1ccc(Cl)cc1)Nc1nnc(SCc2nc3ccccc3[nH]c2=O)s1. The summed E-state index contributed by atoms with van der Waals surface area (Å²) in [6.07, 6.45) is 0.218. The van der Waals surface area contributed by atoms with Crippen molar-refractivity contribution in [3.8, 4) is 0 Å². The molecule has 0 aliphatic heterocycles. The van der Waals surface area contributed by atoms with Crippen molar-refractivity contribution >= 4 is 56.8 Å². The number of halogens is 1. The van der Waals surface area contributed by atoms with Gasteiger partial charge in [0.1, 0.15) is 5.69 Å². The van der Waals surface area contributed by atoms with Gasteiger partial charge in [0.25, 0.3) is 5.56 Å². The van der Waals surface area contributed by atoms with Gasteiger partial charge in [0.05, 0.1) is 17.5 Å². The van der Waals surface area contributed by atoms with Gasteiger partial charge in [0, 0.05) is 10.8 Å². The van der Waals surface area contributed by atoms with Crippen LogP contribution in [-0.4, -0.2) is 26.1 Å². The number of hydrogen-bond donors (Lipinski definition) is 2. The molecule has 0 fully saturated rings. The molecule has 0 radical (unpaired) electrons. The molecule has 2 heterocycles. The Morgan fingerprint density at radius 2 is 1.93 bits per heavy atom. The first kappa shape index (κ1) is 19.6. The van der Waals surface area contributed by atoms with Crippen molar-refractivity contribution in [1.29, 1.82) is 0 Å². The zero-order chi connectivity index (χ0) is 20.2. The van der Waals surface area contributed by atoms with Gasteiger partial charge in [-0.15, -0.1) is 10.2 Å². The number of para-hydroxylation sites is 2. The summed E-state index contributed by atoms with van der Waals surface area (Å²) in [7, 11) is 0. The second-order valence-corrected chi connectivity index (χ2v) is 8.68. The van der Waals surface area contributed by atoms with E-state index in [4.69, 9.17) is 11.6 Å². The lowest BCUT2D eigenvalue weighted by Crippen LogP contribution is -2.14. The van der Waals surface area contributed by atoms with Crippen LogP contribution >= 0.6 is 34.7 Å². The van der Waals surface area contributed by atoms with Gasteiger partial charge < -0.3 is 10.3 Å². The highest BCUT2D eigenvalue weighted by atomic mass is 35.5. The Morgan fingerprint density at radius 3 is 2.76 bits per heavy atom. The molecule has 7 nitrogen and oxygen atoms in total. The van der Waals surface area contributed by atoms with Crippen molar-refractivity contribution in [2.24, 2.45) is 0 Å². The number of carbonyl (C=O) groups is 1. The van der Waals surface area contributed by atoms with Crippen LogP contribution in [-0.2, 0) is 17.0 Å². The van der Waals surface area contributed by atoms with Crippen LogP contribution in [0.3, 0.4) is 0 Å². The third-order valence-corrected chi connectivity index (χ3v) is 6.17. The fraction of sp³-hybridized carbons (Fsp3) is 0.105. The highest BCUT2D eigenvalue weighted by molar-refractivity contribution is 8.00. The Hall–Kier alpha value is -2.75. The first-order valence-electron chi connectivity index (χ1n) is 8.55. The number of benzene rings is 2. The third kappa shape index (κ3) is 5.00. The van der Waals surface area contributed by atoms with E-state index in [0.29, 0.717) is 31.5 Å². The highest BCUT2D eigenvalue weighted by Crippen LogP contribution is 2.27. The molecule has 0 saturated heterocycles. The average Bonchev–Trinajstić information content (AvgIpc) is 3.15. The number of aromatic amines is 1. The largest absolute Gasteiger partial charge is 0.319 e. The van der Waals surface area contributed by atoms with Crippen LogP contribution in [0, 0.1) is 0 Å². The molecule has 2 aromatic carbocycles. The van der Waals surface area contributed by atoms with Gasteiger partial charge in [-0.25, -0.2) is 4.98 Å². The van der Waals surface area contributed by atoms with Crippen molar-refractivity contribution in [3.63, 3.8) is 0 Å². The first-order chi connectivity index (χ1) is 14.1.